The van der Waals surface area contributed by atoms with Crippen LogP contribution in [0.5, 0.6) is 5.75 Å². The molecule has 2 heterocycles. The predicted octanol–water partition coefficient (Wildman–Crippen LogP) is 2.59. The van der Waals surface area contributed by atoms with E-state index in [0.717, 1.165) is 37.6 Å². The predicted molar refractivity (Wildman–Crippen MR) is 83.6 cm³/mol. The fraction of sp³-hybridized carbons (Fsp3) is 0.588. The van der Waals surface area contributed by atoms with Gasteiger partial charge in [0.05, 0.1) is 6.61 Å². The second-order valence-electron chi connectivity index (χ2n) is 6.24. The zero-order chi connectivity index (χ0) is 14.7. The summed E-state index contributed by atoms with van der Waals surface area (Å²) in [6, 6.07) is 5.92. The average molecular weight is 288 g/mol. The molecule has 1 saturated heterocycles. The van der Waals surface area contributed by atoms with Crippen LogP contribution in [-0.2, 0) is 11.2 Å². The third-order valence-corrected chi connectivity index (χ3v) is 4.67. The van der Waals surface area contributed by atoms with Gasteiger partial charge in [-0.15, -0.1) is 0 Å². The third kappa shape index (κ3) is 3.56. The number of hydrogen-bond donors (Lipinski definition) is 2. The lowest BCUT2D eigenvalue weighted by Gasteiger charge is -2.27. The highest BCUT2D eigenvalue weighted by molar-refractivity contribution is 5.91. The highest BCUT2D eigenvalue weighted by Crippen LogP contribution is 2.28. The Balaban J connectivity index is 1.53. The topological polar surface area (TPSA) is 50.4 Å². The van der Waals surface area contributed by atoms with Crippen molar-refractivity contribution in [2.75, 3.05) is 25.0 Å². The summed E-state index contributed by atoms with van der Waals surface area (Å²) in [4.78, 5) is 12.2. The van der Waals surface area contributed by atoms with Crippen molar-refractivity contribution >= 4 is 11.6 Å². The van der Waals surface area contributed by atoms with Crippen molar-refractivity contribution in [3.8, 4) is 5.75 Å². The van der Waals surface area contributed by atoms with Crippen molar-refractivity contribution in [2.45, 2.75) is 32.6 Å². The molecular formula is C17H24N2O2. The molecule has 4 heteroatoms. The van der Waals surface area contributed by atoms with Gasteiger partial charge in [0.1, 0.15) is 5.75 Å². The summed E-state index contributed by atoms with van der Waals surface area (Å²) >= 11 is 0. The van der Waals surface area contributed by atoms with Crippen molar-refractivity contribution < 1.29 is 9.53 Å². The van der Waals surface area contributed by atoms with Crippen LogP contribution in [-0.4, -0.2) is 25.6 Å². The maximum Gasteiger partial charge on any atom is 0.224 e. The molecule has 4 nitrogen and oxygen atoms in total. The van der Waals surface area contributed by atoms with Crippen LogP contribution in [0.25, 0.3) is 0 Å². The van der Waals surface area contributed by atoms with Gasteiger partial charge in [0, 0.05) is 18.5 Å². The number of anilines is 1. The highest BCUT2D eigenvalue weighted by atomic mass is 16.5. The molecule has 3 rings (SSSR count). The molecule has 114 valence electrons. The van der Waals surface area contributed by atoms with E-state index < -0.39 is 0 Å². The lowest BCUT2D eigenvalue weighted by Crippen LogP contribution is -2.32. The first-order valence-electron chi connectivity index (χ1n) is 7.98. The number of nitrogens with one attached hydrogen (secondary N) is 2. The zero-order valence-corrected chi connectivity index (χ0v) is 12.7. The van der Waals surface area contributed by atoms with E-state index in [4.69, 9.17) is 4.74 Å². The first kappa shape index (κ1) is 14.4. The van der Waals surface area contributed by atoms with Crippen molar-refractivity contribution in [3.63, 3.8) is 0 Å². The normalized spacial score (nSPS) is 19.7. The number of benzene rings is 1. The van der Waals surface area contributed by atoms with Gasteiger partial charge in [0.25, 0.3) is 0 Å². The molecule has 0 aromatic heterocycles. The van der Waals surface area contributed by atoms with Crippen LogP contribution in [0.1, 0.15) is 31.7 Å². The van der Waals surface area contributed by atoms with Crippen LogP contribution < -0.4 is 15.4 Å². The number of fused-ring (bicyclic) bond motifs is 1. The van der Waals surface area contributed by atoms with Crippen LogP contribution in [0.15, 0.2) is 18.2 Å². The van der Waals surface area contributed by atoms with Gasteiger partial charge in [-0.2, -0.15) is 0 Å². The van der Waals surface area contributed by atoms with Crippen LogP contribution in [0.2, 0.25) is 0 Å². The van der Waals surface area contributed by atoms with E-state index >= 15 is 0 Å². The third-order valence-electron chi connectivity index (χ3n) is 4.67. The fourth-order valence-electron chi connectivity index (χ4n) is 3.35. The minimum absolute atomic E-state index is 0.125. The molecule has 0 radical (unpaired) electrons. The number of hydrogen-bond acceptors (Lipinski definition) is 3. The van der Waals surface area contributed by atoms with Crippen LogP contribution >= 0.6 is 0 Å². The first-order chi connectivity index (χ1) is 10.2. The summed E-state index contributed by atoms with van der Waals surface area (Å²) in [7, 11) is 0. The zero-order valence-electron chi connectivity index (χ0n) is 12.7. The lowest BCUT2D eigenvalue weighted by molar-refractivity contribution is -0.117. The summed E-state index contributed by atoms with van der Waals surface area (Å²) in [6.07, 6.45) is 3.91. The van der Waals surface area contributed by atoms with E-state index in [0.29, 0.717) is 18.3 Å². The summed E-state index contributed by atoms with van der Waals surface area (Å²) in [5.74, 6) is 2.20. The lowest BCUT2D eigenvalue weighted by atomic mass is 9.84. The Kier molecular flexibility index (Phi) is 4.44. The van der Waals surface area contributed by atoms with E-state index in [1.165, 1.54) is 18.4 Å². The average Bonchev–Trinajstić information content (AvgIpc) is 2.95. The summed E-state index contributed by atoms with van der Waals surface area (Å²) < 4.78 is 5.48. The van der Waals surface area contributed by atoms with Crippen LogP contribution in [0, 0.1) is 11.8 Å². The first-order valence-corrected chi connectivity index (χ1v) is 7.98. The number of ether oxygens (including phenoxy) is 1. The molecular weight excluding hydrogens is 264 g/mol. The van der Waals surface area contributed by atoms with E-state index in [2.05, 4.69) is 17.6 Å². The quantitative estimate of drug-likeness (QED) is 0.895. The maximum absolute atomic E-state index is 12.2. The molecule has 1 aromatic rings. The minimum Gasteiger partial charge on any atom is -0.493 e. The number of piperidine rings is 1. The molecule has 2 aliphatic heterocycles. The molecule has 2 N–H and O–H groups in total. The van der Waals surface area contributed by atoms with Gasteiger partial charge < -0.3 is 15.4 Å². The van der Waals surface area contributed by atoms with E-state index in [9.17, 15) is 4.79 Å². The second kappa shape index (κ2) is 6.48. The van der Waals surface area contributed by atoms with E-state index in [-0.39, 0.29) is 5.91 Å². The van der Waals surface area contributed by atoms with Crippen molar-refractivity contribution in [1.29, 1.82) is 0 Å². The van der Waals surface area contributed by atoms with Gasteiger partial charge in [0.15, 0.2) is 0 Å². The van der Waals surface area contributed by atoms with Crippen molar-refractivity contribution in [1.82, 2.24) is 5.32 Å². The van der Waals surface area contributed by atoms with Crippen LogP contribution in [0.3, 0.4) is 0 Å². The Morgan fingerprint density at radius 1 is 1.43 bits per heavy atom. The molecule has 1 aromatic carbocycles. The Morgan fingerprint density at radius 3 is 3.05 bits per heavy atom. The van der Waals surface area contributed by atoms with Crippen LogP contribution in [0.4, 0.5) is 5.69 Å². The molecule has 1 atom stereocenters. The molecule has 0 bridgehead atoms. The van der Waals surface area contributed by atoms with Gasteiger partial charge in [-0.25, -0.2) is 0 Å². The number of carbonyl (C=O) groups is 1. The van der Waals surface area contributed by atoms with Gasteiger partial charge in [-0.3, -0.25) is 4.79 Å². The van der Waals surface area contributed by atoms with Crippen molar-refractivity contribution in [2.24, 2.45) is 11.8 Å². The molecule has 1 unspecified atom stereocenters. The van der Waals surface area contributed by atoms with Gasteiger partial charge in [-0.1, -0.05) is 6.92 Å². The largest absolute Gasteiger partial charge is 0.493 e. The number of rotatable bonds is 4. The smallest absolute Gasteiger partial charge is 0.224 e. The molecule has 0 spiro atoms. The van der Waals surface area contributed by atoms with E-state index in [1.54, 1.807) is 0 Å². The SMILES string of the molecule is CC(CC(=O)Nc1ccc2c(c1)CCO2)C1CCNCC1. The number of carbonyl (C=O) groups excluding carboxylic acids is 1. The Hall–Kier alpha value is -1.55. The number of amides is 1. The summed E-state index contributed by atoms with van der Waals surface area (Å²) in [6.45, 7) is 5.12. The molecule has 1 amide bonds. The molecule has 21 heavy (non-hydrogen) atoms. The molecule has 2 aliphatic rings. The van der Waals surface area contributed by atoms with Crippen molar-refractivity contribution in [3.05, 3.63) is 23.8 Å². The summed E-state index contributed by atoms with van der Waals surface area (Å²) in [5.41, 5.74) is 2.08. The standard InChI is InChI=1S/C17H24N2O2/c1-12(13-4-7-18-8-5-13)10-17(20)19-15-2-3-16-14(11-15)6-9-21-16/h2-3,11-13,18H,4-10H2,1H3,(H,19,20). The Labute approximate surface area is 126 Å². The Morgan fingerprint density at radius 2 is 2.24 bits per heavy atom. The van der Waals surface area contributed by atoms with Gasteiger partial charge in [-0.05, 0) is 61.5 Å². The summed E-state index contributed by atoms with van der Waals surface area (Å²) in [5, 5.41) is 6.41. The fourth-order valence-corrected chi connectivity index (χ4v) is 3.35. The molecule has 0 saturated carbocycles. The highest BCUT2D eigenvalue weighted by Gasteiger charge is 2.22. The molecule has 1 fully saturated rings. The van der Waals surface area contributed by atoms with Gasteiger partial charge in [0.2, 0.25) is 5.91 Å². The van der Waals surface area contributed by atoms with Gasteiger partial charge >= 0.3 is 0 Å². The Bertz CT molecular complexity index is 510. The maximum atomic E-state index is 12.2. The molecule has 0 aliphatic carbocycles. The van der Waals surface area contributed by atoms with E-state index in [1.807, 2.05) is 18.2 Å². The monoisotopic (exact) mass is 288 g/mol. The second-order valence-corrected chi connectivity index (χ2v) is 6.24. The minimum atomic E-state index is 0.125.